The van der Waals surface area contributed by atoms with Gasteiger partial charge in [-0.3, -0.25) is 4.79 Å². The number of aliphatic hydroxyl groups is 1. The monoisotopic (exact) mass is 362 g/mol. The summed E-state index contributed by atoms with van der Waals surface area (Å²) in [6.07, 6.45) is 11.3. The maximum atomic E-state index is 12.8. The Labute approximate surface area is 159 Å². The molecule has 4 rings (SSSR count). The predicted octanol–water partition coefficient (Wildman–Crippen LogP) is 4.61. The highest BCUT2D eigenvalue weighted by molar-refractivity contribution is 5.82. The number of ether oxygens (including phenoxy) is 1. The molecular weight excluding hydrogens is 324 g/mol. The van der Waals surface area contributed by atoms with Crippen molar-refractivity contribution in [3.8, 4) is 0 Å². The van der Waals surface area contributed by atoms with E-state index in [2.05, 4.69) is 13.8 Å². The Morgan fingerprint density at radius 1 is 1.00 bits per heavy atom. The van der Waals surface area contributed by atoms with Gasteiger partial charge in [0.05, 0.1) is 12.7 Å². The van der Waals surface area contributed by atoms with Gasteiger partial charge in [0, 0.05) is 19.4 Å². The van der Waals surface area contributed by atoms with Crippen molar-refractivity contribution in [1.82, 2.24) is 0 Å². The zero-order valence-electron chi connectivity index (χ0n) is 17.0. The number of aliphatic hydroxyl groups excluding tert-OH is 1. The van der Waals surface area contributed by atoms with Gasteiger partial charge in [0.1, 0.15) is 5.78 Å². The highest BCUT2D eigenvalue weighted by atomic mass is 16.5. The summed E-state index contributed by atoms with van der Waals surface area (Å²) in [5.74, 6) is 3.81. The normalized spacial score (nSPS) is 50.6. The maximum absolute atomic E-state index is 12.8. The lowest BCUT2D eigenvalue weighted by molar-refractivity contribution is -0.140. The number of ketones is 1. The number of rotatable bonds is 4. The van der Waals surface area contributed by atoms with Crippen LogP contribution in [0.1, 0.15) is 78.1 Å². The van der Waals surface area contributed by atoms with Gasteiger partial charge in [-0.15, -0.1) is 0 Å². The number of hydrogen-bond acceptors (Lipinski definition) is 3. The Kier molecular flexibility index (Phi) is 5.01. The van der Waals surface area contributed by atoms with Crippen molar-refractivity contribution in [2.45, 2.75) is 84.2 Å². The van der Waals surface area contributed by atoms with Crippen LogP contribution in [0.4, 0.5) is 0 Å². The third-order valence-electron chi connectivity index (χ3n) is 9.58. The van der Waals surface area contributed by atoms with E-state index in [4.69, 9.17) is 4.74 Å². The molecule has 4 aliphatic carbocycles. The average molecular weight is 363 g/mol. The molecule has 0 aliphatic heterocycles. The van der Waals surface area contributed by atoms with E-state index in [1.54, 1.807) is 7.11 Å². The lowest BCUT2D eigenvalue weighted by Gasteiger charge is -2.60. The molecule has 0 amide bonds. The summed E-state index contributed by atoms with van der Waals surface area (Å²) in [5, 5.41) is 10.2. The number of fused-ring (bicyclic) bond motifs is 5. The molecule has 148 valence electrons. The summed E-state index contributed by atoms with van der Waals surface area (Å²) < 4.78 is 5.17. The number of Topliss-reactive ketones (excluding diaryl/α,β-unsaturated/α-hetero) is 1. The zero-order chi connectivity index (χ0) is 18.5. The van der Waals surface area contributed by atoms with E-state index in [0.717, 1.165) is 42.9 Å². The number of carbonyl (C=O) groups is 1. The maximum Gasteiger partial charge on any atom is 0.138 e. The van der Waals surface area contributed by atoms with Crippen LogP contribution in [0.5, 0.6) is 0 Å². The van der Waals surface area contributed by atoms with Crippen LogP contribution in [0.15, 0.2) is 0 Å². The molecule has 0 radical (unpaired) electrons. The van der Waals surface area contributed by atoms with Crippen molar-refractivity contribution >= 4 is 5.78 Å². The molecule has 0 aromatic rings. The smallest absolute Gasteiger partial charge is 0.138 e. The van der Waals surface area contributed by atoms with Gasteiger partial charge in [-0.25, -0.2) is 0 Å². The van der Waals surface area contributed by atoms with Crippen LogP contribution in [0.2, 0.25) is 0 Å². The molecule has 3 nitrogen and oxygen atoms in total. The van der Waals surface area contributed by atoms with E-state index < -0.39 is 0 Å². The first-order valence-electron chi connectivity index (χ1n) is 11.1. The first kappa shape index (κ1) is 18.9. The molecular formula is C23H38O3. The molecule has 0 unspecified atom stereocenters. The third kappa shape index (κ3) is 2.80. The Balaban J connectivity index is 1.53. The molecule has 0 saturated heterocycles. The van der Waals surface area contributed by atoms with Gasteiger partial charge in [-0.2, -0.15) is 0 Å². The highest BCUT2D eigenvalue weighted by Crippen LogP contribution is 2.67. The minimum Gasteiger partial charge on any atom is -0.393 e. The van der Waals surface area contributed by atoms with E-state index in [9.17, 15) is 9.90 Å². The van der Waals surface area contributed by atoms with Crippen LogP contribution >= 0.6 is 0 Å². The molecule has 4 aliphatic rings. The van der Waals surface area contributed by atoms with Crippen LogP contribution in [0, 0.1) is 40.4 Å². The van der Waals surface area contributed by atoms with Gasteiger partial charge in [0.15, 0.2) is 0 Å². The Morgan fingerprint density at radius 3 is 2.50 bits per heavy atom. The van der Waals surface area contributed by atoms with Gasteiger partial charge >= 0.3 is 0 Å². The average Bonchev–Trinajstić information content (AvgIpc) is 2.97. The zero-order valence-corrected chi connectivity index (χ0v) is 17.0. The second-order valence-electron chi connectivity index (χ2n) is 10.5. The SMILES string of the molecule is COCCC(=O)[C@H]1CC[C@H]2[C@@H]3CC[C@@H]4C[C@H](O)CC[C@]4(C)[C@H]3CC[C@]12C. The summed E-state index contributed by atoms with van der Waals surface area (Å²) in [6, 6.07) is 0. The third-order valence-corrected chi connectivity index (χ3v) is 9.58. The van der Waals surface area contributed by atoms with Crippen LogP contribution < -0.4 is 0 Å². The fourth-order valence-corrected chi connectivity index (χ4v) is 8.14. The summed E-state index contributed by atoms with van der Waals surface area (Å²) >= 11 is 0. The topological polar surface area (TPSA) is 46.5 Å². The number of hydrogen-bond donors (Lipinski definition) is 1. The molecule has 8 atom stereocenters. The van der Waals surface area contributed by atoms with E-state index >= 15 is 0 Å². The number of carbonyl (C=O) groups excluding carboxylic acids is 1. The molecule has 26 heavy (non-hydrogen) atoms. The molecule has 4 saturated carbocycles. The first-order chi connectivity index (χ1) is 12.4. The fourth-order valence-electron chi connectivity index (χ4n) is 8.14. The first-order valence-corrected chi connectivity index (χ1v) is 11.1. The summed E-state index contributed by atoms with van der Waals surface area (Å²) in [7, 11) is 1.69. The molecule has 4 fully saturated rings. The van der Waals surface area contributed by atoms with Crippen molar-refractivity contribution in [2.24, 2.45) is 40.4 Å². The molecule has 0 heterocycles. The molecule has 0 bridgehead atoms. The molecule has 0 spiro atoms. The Hall–Kier alpha value is -0.410. The standard InChI is InChI=1S/C23H38O3/c1-22-11-8-16(24)14-15(22)4-5-17-18-6-7-20(21(25)10-13-26-3)23(18,2)12-9-19(17)22/h15-20,24H,4-14H2,1-3H3/t15-,16-,17+,18+,19+,20-,22+,23+/m1/s1. The molecule has 1 N–H and O–H groups in total. The van der Waals surface area contributed by atoms with E-state index in [1.807, 2.05) is 0 Å². The van der Waals surface area contributed by atoms with Crippen molar-refractivity contribution in [2.75, 3.05) is 13.7 Å². The van der Waals surface area contributed by atoms with Gasteiger partial charge in [0.2, 0.25) is 0 Å². The Morgan fingerprint density at radius 2 is 1.73 bits per heavy atom. The van der Waals surface area contributed by atoms with E-state index in [-0.39, 0.29) is 17.4 Å². The lowest BCUT2D eigenvalue weighted by atomic mass is 9.44. The number of methoxy groups -OCH3 is 1. The van der Waals surface area contributed by atoms with Gasteiger partial charge in [0.25, 0.3) is 0 Å². The predicted molar refractivity (Wildman–Crippen MR) is 103 cm³/mol. The van der Waals surface area contributed by atoms with Gasteiger partial charge < -0.3 is 9.84 Å². The summed E-state index contributed by atoms with van der Waals surface area (Å²) in [4.78, 5) is 12.8. The van der Waals surface area contributed by atoms with Crippen LogP contribution in [0.25, 0.3) is 0 Å². The quantitative estimate of drug-likeness (QED) is 0.794. The van der Waals surface area contributed by atoms with Gasteiger partial charge in [-0.1, -0.05) is 13.8 Å². The van der Waals surface area contributed by atoms with Crippen LogP contribution in [0.3, 0.4) is 0 Å². The van der Waals surface area contributed by atoms with Crippen LogP contribution in [-0.2, 0) is 9.53 Å². The molecule has 0 aromatic carbocycles. The van der Waals surface area contributed by atoms with Crippen molar-refractivity contribution in [1.29, 1.82) is 0 Å². The fraction of sp³-hybridized carbons (Fsp3) is 0.957. The van der Waals surface area contributed by atoms with Crippen molar-refractivity contribution in [3.63, 3.8) is 0 Å². The Bertz CT molecular complexity index is 546. The lowest BCUT2D eigenvalue weighted by Crippen LogP contribution is -2.54. The molecule has 3 heteroatoms. The molecule has 0 aromatic heterocycles. The highest BCUT2D eigenvalue weighted by Gasteiger charge is 2.60. The van der Waals surface area contributed by atoms with Crippen molar-refractivity contribution in [3.05, 3.63) is 0 Å². The van der Waals surface area contributed by atoms with E-state index in [1.165, 1.54) is 38.5 Å². The second kappa shape index (κ2) is 6.88. The second-order valence-corrected chi connectivity index (χ2v) is 10.5. The van der Waals surface area contributed by atoms with Gasteiger partial charge in [-0.05, 0) is 92.3 Å². The summed E-state index contributed by atoms with van der Waals surface area (Å²) in [5.41, 5.74) is 0.658. The van der Waals surface area contributed by atoms with Crippen LogP contribution in [-0.4, -0.2) is 30.7 Å². The minimum absolute atomic E-state index is 0.0623. The van der Waals surface area contributed by atoms with Crippen molar-refractivity contribution < 1.29 is 14.6 Å². The van der Waals surface area contributed by atoms with E-state index in [0.29, 0.717) is 24.2 Å². The minimum atomic E-state index is -0.0623. The summed E-state index contributed by atoms with van der Waals surface area (Å²) in [6.45, 7) is 5.55. The largest absolute Gasteiger partial charge is 0.393 e.